The van der Waals surface area contributed by atoms with E-state index in [1.807, 2.05) is 30.3 Å². The fourth-order valence-corrected chi connectivity index (χ4v) is 4.37. The maximum absolute atomic E-state index is 12.3. The molecule has 1 aromatic rings. The van der Waals surface area contributed by atoms with Crippen molar-refractivity contribution in [2.75, 3.05) is 11.1 Å². The van der Waals surface area contributed by atoms with Crippen molar-refractivity contribution in [3.05, 3.63) is 11.4 Å². The molecular weight excluding hydrogens is 296 g/mol. The first kappa shape index (κ1) is 17.2. The average molecular weight is 324 g/mol. The molecule has 2 atom stereocenters. The predicted molar refractivity (Wildman–Crippen MR) is 93.8 cm³/mol. The number of nitrogens with one attached hydrogen (secondary N) is 2. The molecule has 0 saturated heterocycles. The Morgan fingerprint density at radius 1 is 1.41 bits per heavy atom. The van der Waals surface area contributed by atoms with Crippen molar-refractivity contribution in [2.24, 2.45) is 0 Å². The third-order valence-electron chi connectivity index (χ3n) is 4.20. The molecule has 0 unspecified atom stereocenters. The first-order valence-electron chi connectivity index (χ1n) is 8.18. The lowest BCUT2D eigenvalue weighted by molar-refractivity contribution is 0.249. The van der Waals surface area contributed by atoms with E-state index in [-0.39, 0.29) is 18.1 Å². The quantitative estimate of drug-likeness (QED) is 0.864. The van der Waals surface area contributed by atoms with Crippen LogP contribution in [0.25, 0.3) is 0 Å². The topological polar surface area (TPSA) is 59.0 Å². The smallest absolute Gasteiger partial charge is 0.319 e. The van der Waals surface area contributed by atoms with E-state index in [4.69, 9.17) is 0 Å². The van der Waals surface area contributed by atoms with Gasteiger partial charge in [-0.1, -0.05) is 13.3 Å². The highest BCUT2D eigenvalue weighted by Gasteiger charge is 2.28. The van der Waals surface area contributed by atoms with Crippen LogP contribution < -0.4 is 10.6 Å². The van der Waals surface area contributed by atoms with Crippen LogP contribution >= 0.6 is 11.8 Å². The lowest BCUT2D eigenvalue weighted by atomic mass is 10.2. The Hall–Kier alpha value is -1.17. The van der Waals surface area contributed by atoms with E-state index in [1.165, 1.54) is 12.8 Å². The summed E-state index contributed by atoms with van der Waals surface area (Å²) >= 11 is 1.95. The van der Waals surface area contributed by atoms with Gasteiger partial charge in [-0.3, -0.25) is 4.68 Å². The Bertz CT molecular complexity index is 526. The van der Waals surface area contributed by atoms with E-state index in [0.717, 1.165) is 29.2 Å². The minimum absolute atomic E-state index is 0.108. The lowest BCUT2D eigenvalue weighted by Gasteiger charge is -2.20. The first-order valence-corrected chi connectivity index (χ1v) is 9.23. The van der Waals surface area contributed by atoms with E-state index >= 15 is 0 Å². The fraction of sp³-hybridized carbons (Fsp3) is 0.750. The molecule has 1 aromatic heterocycles. The molecule has 124 valence electrons. The van der Waals surface area contributed by atoms with Crippen LogP contribution in [-0.4, -0.2) is 32.9 Å². The van der Waals surface area contributed by atoms with E-state index in [2.05, 4.69) is 36.5 Å². The number of aromatic nitrogens is 2. The van der Waals surface area contributed by atoms with Gasteiger partial charge in [-0.05, 0) is 46.3 Å². The van der Waals surface area contributed by atoms with Gasteiger partial charge in [0.25, 0.3) is 0 Å². The van der Waals surface area contributed by atoms with Gasteiger partial charge < -0.3 is 10.6 Å². The lowest BCUT2D eigenvalue weighted by Crippen LogP contribution is -2.41. The van der Waals surface area contributed by atoms with Gasteiger partial charge in [0.2, 0.25) is 0 Å². The number of urea groups is 1. The maximum atomic E-state index is 12.3. The third kappa shape index (κ3) is 3.77. The Labute approximate surface area is 137 Å². The molecular formula is C16H28N4OS. The minimum Gasteiger partial charge on any atom is -0.334 e. The summed E-state index contributed by atoms with van der Waals surface area (Å²) in [5.41, 5.74) is 2.71. The molecule has 1 heterocycles. The Morgan fingerprint density at radius 3 is 2.73 bits per heavy atom. The molecule has 5 nitrogen and oxygen atoms in total. The largest absolute Gasteiger partial charge is 0.334 e. The number of rotatable bonds is 5. The minimum atomic E-state index is -0.108. The highest BCUT2D eigenvalue weighted by molar-refractivity contribution is 7.99. The monoisotopic (exact) mass is 324 g/mol. The second-order valence-corrected chi connectivity index (χ2v) is 7.73. The van der Waals surface area contributed by atoms with Crippen LogP contribution in [0.3, 0.4) is 0 Å². The van der Waals surface area contributed by atoms with Gasteiger partial charge in [-0.2, -0.15) is 16.9 Å². The van der Waals surface area contributed by atoms with Crippen molar-refractivity contribution in [1.29, 1.82) is 0 Å². The van der Waals surface area contributed by atoms with Crippen molar-refractivity contribution >= 4 is 23.5 Å². The van der Waals surface area contributed by atoms with Gasteiger partial charge in [-0.15, -0.1) is 0 Å². The predicted octanol–water partition coefficient (Wildman–Crippen LogP) is 3.88. The zero-order valence-electron chi connectivity index (χ0n) is 14.3. The number of hydrogen-bond acceptors (Lipinski definition) is 3. The number of amides is 2. The summed E-state index contributed by atoms with van der Waals surface area (Å²) in [6.07, 6.45) is 3.48. The number of thioether (sulfide) groups is 1. The number of carbonyl (C=O) groups is 1. The molecule has 1 saturated carbocycles. The van der Waals surface area contributed by atoms with E-state index in [0.29, 0.717) is 5.25 Å². The van der Waals surface area contributed by atoms with E-state index < -0.39 is 0 Å². The molecule has 0 aliphatic heterocycles. The Kier molecular flexibility index (Phi) is 5.78. The zero-order valence-corrected chi connectivity index (χ0v) is 15.1. The zero-order chi connectivity index (χ0) is 16.3. The van der Waals surface area contributed by atoms with Gasteiger partial charge >= 0.3 is 6.03 Å². The highest BCUT2D eigenvalue weighted by Crippen LogP contribution is 2.30. The molecule has 2 rings (SSSR count). The van der Waals surface area contributed by atoms with Crippen LogP contribution in [-0.2, 0) is 0 Å². The molecule has 2 N–H and O–H groups in total. The SMILES string of the molecule is CCS[C@@H]1CCC[C@H]1NC(=O)Nc1c(C)nn(C(C)C)c1C. The summed E-state index contributed by atoms with van der Waals surface area (Å²) in [5.74, 6) is 1.10. The van der Waals surface area contributed by atoms with E-state index in [1.54, 1.807) is 0 Å². The van der Waals surface area contributed by atoms with Crippen LogP contribution in [0.4, 0.5) is 10.5 Å². The van der Waals surface area contributed by atoms with Crippen molar-refractivity contribution < 1.29 is 4.79 Å². The van der Waals surface area contributed by atoms with Gasteiger partial charge in [0.15, 0.2) is 0 Å². The molecule has 0 radical (unpaired) electrons. The number of nitrogens with zero attached hydrogens (tertiary/aromatic N) is 2. The molecule has 0 spiro atoms. The normalized spacial score (nSPS) is 21.4. The molecule has 1 aliphatic rings. The second-order valence-electron chi connectivity index (χ2n) is 6.21. The molecule has 1 fully saturated rings. The summed E-state index contributed by atoms with van der Waals surface area (Å²) in [6, 6.07) is 0.464. The summed E-state index contributed by atoms with van der Waals surface area (Å²) in [7, 11) is 0. The molecule has 6 heteroatoms. The molecule has 0 aromatic carbocycles. The Balaban J connectivity index is 2.00. The number of hydrogen-bond donors (Lipinski definition) is 2. The number of aryl methyl sites for hydroxylation is 1. The fourth-order valence-electron chi connectivity index (χ4n) is 3.17. The van der Waals surface area contributed by atoms with Crippen LogP contribution in [0, 0.1) is 13.8 Å². The Morgan fingerprint density at radius 2 is 2.14 bits per heavy atom. The summed E-state index contributed by atoms with van der Waals surface area (Å²) in [5, 5.41) is 11.2. The van der Waals surface area contributed by atoms with Crippen molar-refractivity contribution in [3.8, 4) is 0 Å². The van der Waals surface area contributed by atoms with Crippen LogP contribution in [0.15, 0.2) is 0 Å². The molecule has 0 bridgehead atoms. The van der Waals surface area contributed by atoms with Crippen molar-refractivity contribution in [3.63, 3.8) is 0 Å². The highest BCUT2D eigenvalue weighted by atomic mass is 32.2. The molecule has 2 amide bonds. The number of carbonyl (C=O) groups excluding carboxylic acids is 1. The van der Waals surface area contributed by atoms with Crippen LogP contribution in [0.2, 0.25) is 0 Å². The first-order chi connectivity index (χ1) is 10.4. The standard InChI is InChI=1S/C16H28N4OS/c1-6-22-14-9-7-8-13(14)17-16(21)18-15-11(4)19-20(10(2)3)12(15)5/h10,13-14H,6-9H2,1-5H3,(H2,17,18,21)/t13-,14-/m1/s1. The summed E-state index contributed by atoms with van der Waals surface area (Å²) < 4.78 is 1.95. The van der Waals surface area contributed by atoms with Crippen LogP contribution in [0.1, 0.15) is 57.5 Å². The van der Waals surface area contributed by atoms with Gasteiger partial charge in [0.05, 0.1) is 17.1 Å². The van der Waals surface area contributed by atoms with Crippen molar-refractivity contribution in [1.82, 2.24) is 15.1 Å². The van der Waals surface area contributed by atoms with E-state index in [9.17, 15) is 4.79 Å². The summed E-state index contributed by atoms with van der Waals surface area (Å²) in [4.78, 5) is 12.3. The van der Waals surface area contributed by atoms with Gasteiger partial charge in [-0.25, -0.2) is 4.79 Å². The second kappa shape index (κ2) is 7.40. The maximum Gasteiger partial charge on any atom is 0.319 e. The average Bonchev–Trinajstić information content (AvgIpc) is 2.99. The van der Waals surface area contributed by atoms with Crippen molar-refractivity contribution in [2.45, 2.75) is 71.2 Å². The van der Waals surface area contributed by atoms with Gasteiger partial charge in [0, 0.05) is 17.3 Å². The van der Waals surface area contributed by atoms with Gasteiger partial charge in [0.1, 0.15) is 0 Å². The number of anilines is 1. The van der Waals surface area contributed by atoms with Crippen LogP contribution in [0.5, 0.6) is 0 Å². The molecule has 22 heavy (non-hydrogen) atoms. The summed E-state index contributed by atoms with van der Waals surface area (Å²) in [6.45, 7) is 10.3. The molecule has 1 aliphatic carbocycles. The third-order valence-corrected chi connectivity index (χ3v) is 5.53.